The van der Waals surface area contributed by atoms with Gasteiger partial charge in [0.15, 0.2) is 0 Å². The third-order valence-corrected chi connectivity index (χ3v) is 3.27. The van der Waals surface area contributed by atoms with Crippen molar-refractivity contribution in [1.82, 2.24) is 0 Å². The lowest BCUT2D eigenvalue weighted by Gasteiger charge is -2.09. The van der Waals surface area contributed by atoms with E-state index >= 15 is 0 Å². The second kappa shape index (κ2) is 5.89. The standard InChI is InChI=1S/C15H13BrO3/c1-18-9-14(15(17)19-2)12-5-3-4-10-6-7-11(16)8-13(10)12/h3-9H,1-2H3/b14-9+. The van der Waals surface area contributed by atoms with Crippen molar-refractivity contribution >= 4 is 38.2 Å². The highest BCUT2D eigenvalue weighted by atomic mass is 79.9. The normalized spacial score (nSPS) is 11.4. The van der Waals surface area contributed by atoms with E-state index in [1.165, 1.54) is 20.5 Å². The number of hydrogen-bond donors (Lipinski definition) is 0. The molecule has 2 aromatic rings. The molecule has 0 bridgehead atoms. The van der Waals surface area contributed by atoms with E-state index in [0.29, 0.717) is 5.57 Å². The van der Waals surface area contributed by atoms with Gasteiger partial charge in [0.1, 0.15) is 5.57 Å². The van der Waals surface area contributed by atoms with Crippen LogP contribution in [0.5, 0.6) is 0 Å². The lowest BCUT2D eigenvalue weighted by molar-refractivity contribution is -0.133. The maximum absolute atomic E-state index is 11.8. The molecule has 0 saturated carbocycles. The Bertz CT molecular complexity index is 647. The number of ether oxygens (including phenoxy) is 2. The van der Waals surface area contributed by atoms with Gasteiger partial charge in [-0.05, 0) is 28.5 Å². The van der Waals surface area contributed by atoms with Crippen LogP contribution in [0.4, 0.5) is 0 Å². The summed E-state index contributed by atoms with van der Waals surface area (Å²) in [5, 5.41) is 2.01. The van der Waals surface area contributed by atoms with Crippen molar-refractivity contribution < 1.29 is 14.3 Å². The summed E-state index contributed by atoms with van der Waals surface area (Å²) in [6, 6.07) is 11.7. The number of methoxy groups -OCH3 is 2. The number of benzene rings is 2. The monoisotopic (exact) mass is 320 g/mol. The molecule has 0 aliphatic rings. The molecule has 4 heteroatoms. The number of hydrogen-bond acceptors (Lipinski definition) is 3. The lowest BCUT2D eigenvalue weighted by Crippen LogP contribution is -2.05. The molecule has 0 heterocycles. The Kier molecular flexibility index (Phi) is 4.22. The van der Waals surface area contributed by atoms with E-state index in [4.69, 9.17) is 9.47 Å². The van der Waals surface area contributed by atoms with Gasteiger partial charge < -0.3 is 9.47 Å². The maximum Gasteiger partial charge on any atom is 0.341 e. The summed E-state index contributed by atoms with van der Waals surface area (Å²) in [4.78, 5) is 11.8. The smallest absolute Gasteiger partial charge is 0.341 e. The summed E-state index contributed by atoms with van der Waals surface area (Å²) >= 11 is 3.44. The Hall–Kier alpha value is -1.81. The summed E-state index contributed by atoms with van der Waals surface area (Å²) in [6.45, 7) is 0. The van der Waals surface area contributed by atoms with Crippen LogP contribution in [-0.2, 0) is 14.3 Å². The van der Waals surface area contributed by atoms with Crippen LogP contribution < -0.4 is 0 Å². The summed E-state index contributed by atoms with van der Waals surface area (Å²) in [5.41, 5.74) is 1.18. The Morgan fingerprint density at radius 2 is 2.00 bits per heavy atom. The molecule has 0 unspecified atom stereocenters. The molecule has 0 amide bonds. The highest BCUT2D eigenvalue weighted by molar-refractivity contribution is 9.10. The van der Waals surface area contributed by atoms with Gasteiger partial charge >= 0.3 is 5.97 Å². The Morgan fingerprint density at radius 3 is 2.68 bits per heavy atom. The number of esters is 1. The fourth-order valence-electron chi connectivity index (χ4n) is 1.93. The van der Waals surface area contributed by atoms with Gasteiger partial charge in [0.2, 0.25) is 0 Å². The van der Waals surface area contributed by atoms with E-state index in [-0.39, 0.29) is 0 Å². The first-order valence-electron chi connectivity index (χ1n) is 5.67. The van der Waals surface area contributed by atoms with E-state index in [1.54, 1.807) is 0 Å². The van der Waals surface area contributed by atoms with Crippen LogP contribution in [0, 0.1) is 0 Å². The third-order valence-electron chi connectivity index (χ3n) is 2.78. The fraction of sp³-hybridized carbons (Fsp3) is 0.133. The minimum absolute atomic E-state index is 0.397. The van der Waals surface area contributed by atoms with Gasteiger partial charge in [-0.2, -0.15) is 0 Å². The van der Waals surface area contributed by atoms with Crippen LogP contribution in [-0.4, -0.2) is 20.2 Å². The molecule has 0 aromatic heterocycles. The molecule has 19 heavy (non-hydrogen) atoms. The van der Waals surface area contributed by atoms with Crippen molar-refractivity contribution in [2.24, 2.45) is 0 Å². The van der Waals surface area contributed by atoms with Crippen molar-refractivity contribution in [3.63, 3.8) is 0 Å². The van der Waals surface area contributed by atoms with Gasteiger partial charge in [-0.3, -0.25) is 0 Å². The first-order chi connectivity index (χ1) is 9.17. The van der Waals surface area contributed by atoms with Crippen LogP contribution in [0.15, 0.2) is 47.1 Å². The van der Waals surface area contributed by atoms with Gasteiger partial charge in [0.05, 0.1) is 20.5 Å². The topological polar surface area (TPSA) is 35.5 Å². The first-order valence-corrected chi connectivity index (χ1v) is 6.46. The predicted octanol–water partition coefficient (Wildman–Crippen LogP) is 3.76. The van der Waals surface area contributed by atoms with Gasteiger partial charge in [-0.15, -0.1) is 0 Å². The number of halogens is 1. The van der Waals surface area contributed by atoms with Gasteiger partial charge in [-0.1, -0.05) is 40.2 Å². The Labute approximate surface area is 120 Å². The van der Waals surface area contributed by atoms with E-state index in [2.05, 4.69) is 15.9 Å². The van der Waals surface area contributed by atoms with Crippen LogP contribution >= 0.6 is 15.9 Å². The summed E-state index contributed by atoms with van der Waals surface area (Å²) in [5.74, 6) is -0.422. The van der Waals surface area contributed by atoms with Crippen LogP contribution in [0.2, 0.25) is 0 Å². The second-order valence-corrected chi connectivity index (χ2v) is 4.85. The lowest BCUT2D eigenvalue weighted by atomic mass is 9.99. The molecule has 0 radical (unpaired) electrons. The zero-order valence-corrected chi connectivity index (χ0v) is 12.2. The largest absolute Gasteiger partial charge is 0.503 e. The SMILES string of the molecule is CO/C=C(/C(=O)OC)c1cccc2ccc(Br)cc12. The Morgan fingerprint density at radius 1 is 1.21 bits per heavy atom. The molecular formula is C15H13BrO3. The zero-order chi connectivity index (χ0) is 13.8. The molecule has 2 aromatic carbocycles. The van der Waals surface area contributed by atoms with Gasteiger partial charge in [-0.25, -0.2) is 4.79 Å². The van der Waals surface area contributed by atoms with Crippen molar-refractivity contribution in [3.8, 4) is 0 Å². The van der Waals surface area contributed by atoms with E-state index in [9.17, 15) is 4.79 Å². The van der Waals surface area contributed by atoms with Crippen LogP contribution in [0.25, 0.3) is 16.3 Å². The van der Waals surface area contributed by atoms with Crippen LogP contribution in [0.3, 0.4) is 0 Å². The molecule has 0 fully saturated rings. The molecule has 0 saturated heterocycles. The molecule has 3 nitrogen and oxygen atoms in total. The number of rotatable bonds is 3. The predicted molar refractivity (Wildman–Crippen MR) is 78.7 cm³/mol. The maximum atomic E-state index is 11.8. The van der Waals surface area contributed by atoms with E-state index < -0.39 is 5.97 Å². The van der Waals surface area contributed by atoms with E-state index in [1.807, 2.05) is 36.4 Å². The molecule has 2 rings (SSSR count). The quantitative estimate of drug-likeness (QED) is 0.490. The average molecular weight is 321 g/mol. The average Bonchev–Trinajstić information content (AvgIpc) is 2.43. The zero-order valence-electron chi connectivity index (χ0n) is 10.6. The van der Waals surface area contributed by atoms with Crippen molar-refractivity contribution in [2.75, 3.05) is 14.2 Å². The summed E-state index contributed by atoms with van der Waals surface area (Å²) in [6.07, 6.45) is 1.40. The molecule has 0 aliphatic heterocycles. The highest BCUT2D eigenvalue weighted by Crippen LogP contribution is 2.28. The molecule has 0 atom stereocenters. The first kappa shape index (κ1) is 13.6. The van der Waals surface area contributed by atoms with Crippen molar-refractivity contribution in [2.45, 2.75) is 0 Å². The van der Waals surface area contributed by atoms with Crippen molar-refractivity contribution in [1.29, 1.82) is 0 Å². The fourth-order valence-corrected chi connectivity index (χ4v) is 2.29. The molecule has 0 N–H and O–H groups in total. The number of carbonyl (C=O) groups excluding carboxylic acids is 1. The Balaban J connectivity index is 2.69. The molecule has 0 aliphatic carbocycles. The van der Waals surface area contributed by atoms with Gasteiger partial charge in [0, 0.05) is 4.47 Å². The number of carbonyl (C=O) groups is 1. The molecular weight excluding hydrogens is 308 g/mol. The number of fused-ring (bicyclic) bond motifs is 1. The third kappa shape index (κ3) is 2.79. The van der Waals surface area contributed by atoms with Crippen molar-refractivity contribution in [3.05, 3.63) is 52.7 Å². The highest BCUT2D eigenvalue weighted by Gasteiger charge is 2.15. The minimum atomic E-state index is -0.422. The molecule has 98 valence electrons. The molecule has 0 spiro atoms. The van der Waals surface area contributed by atoms with Gasteiger partial charge in [0.25, 0.3) is 0 Å². The second-order valence-electron chi connectivity index (χ2n) is 3.93. The minimum Gasteiger partial charge on any atom is -0.503 e. The van der Waals surface area contributed by atoms with Crippen LogP contribution in [0.1, 0.15) is 5.56 Å². The summed E-state index contributed by atoms with van der Waals surface area (Å²) < 4.78 is 10.7. The van der Waals surface area contributed by atoms with E-state index in [0.717, 1.165) is 20.8 Å². The summed E-state index contributed by atoms with van der Waals surface area (Å²) in [7, 11) is 2.86.